The number of unbranched alkanes of at least 4 members (excludes halogenated alkanes) is 1. The maximum absolute atomic E-state index is 13.1. The van der Waals surface area contributed by atoms with Gasteiger partial charge in [0.15, 0.2) is 0 Å². The van der Waals surface area contributed by atoms with Gasteiger partial charge in [0, 0.05) is 17.8 Å². The van der Waals surface area contributed by atoms with Gasteiger partial charge in [0.05, 0.1) is 4.90 Å². The minimum atomic E-state index is -3.55. The van der Waals surface area contributed by atoms with Gasteiger partial charge >= 0.3 is 0 Å². The molecule has 2 N–H and O–H groups in total. The van der Waals surface area contributed by atoms with E-state index in [2.05, 4.69) is 10.0 Å². The molecule has 0 bridgehead atoms. The summed E-state index contributed by atoms with van der Waals surface area (Å²) in [6, 6.07) is 25.2. The Morgan fingerprint density at radius 3 is 2.10 bits per heavy atom. The van der Waals surface area contributed by atoms with Crippen molar-refractivity contribution in [2.24, 2.45) is 0 Å². The number of amides is 1. The van der Waals surface area contributed by atoms with Gasteiger partial charge in [0.1, 0.15) is 0 Å². The molecule has 6 heteroatoms. The van der Waals surface area contributed by atoms with Crippen molar-refractivity contribution in [1.29, 1.82) is 0 Å². The van der Waals surface area contributed by atoms with Crippen molar-refractivity contribution in [3.05, 3.63) is 96.1 Å². The molecule has 3 rings (SSSR count). The predicted molar refractivity (Wildman–Crippen MR) is 126 cm³/mol. The van der Waals surface area contributed by atoms with Gasteiger partial charge < -0.3 is 5.32 Å². The lowest BCUT2D eigenvalue weighted by Gasteiger charge is -2.11. The maximum atomic E-state index is 13.1. The van der Waals surface area contributed by atoms with Crippen LogP contribution < -0.4 is 10.0 Å². The number of carbonyl (C=O) groups excluding carboxylic acids is 1. The molecule has 3 aromatic rings. The average molecular weight is 435 g/mol. The van der Waals surface area contributed by atoms with Crippen LogP contribution in [0.1, 0.15) is 30.9 Å². The first kappa shape index (κ1) is 22.5. The highest BCUT2D eigenvalue weighted by atomic mass is 32.2. The molecule has 0 aliphatic carbocycles. The molecule has 3 aromatic carbocycles. The number of benzene rings is 3. The van der Waals surface area contributed by atoms with Crippen LogP contribution in [0.5, 0.6) is 0 Å². The van der Waals surface area contributed by atoms with Crippen molar-refractivity contribution in [1.82, 2.24) is 4.72 Å². The Morgan fingerprint density at radius 2 is 1.48 bits per heavy atom. The van der Waals surface area contributed by atoms with E-state index in [4.69, 9.17) is 0 Å². The Kier molecular flexibility index (Phi) is 7.76. The fourth-order valence-corrected chi connectivity index (χ4v) is 4.07. The summed E-state index contributed by atoms with van der Waals surface area (Å²) in [4.78, 5) is 13.2. The minimum absolute atomic E-state index is 0.171. The van der Waals surface area contributed by atoms with Crippen LogP contribution in [0.3, 0.4) is 0 Å². The first-order chi connectivity index (χ1) is 15.0. The van der Waals surface area contributed by atoms with E-state index < -0.39 is 10.0 Å². The first-order valence-electron chi connectivity index (χ1n) is 10.2. The van der Waals surface area contributed by atoms with Crippen molar-refractivity contribution in [3.8, 4) is 0 Å². The molecular weight excluding hydrogens is 408 g/mol. The normalized spacial score (nSPS) is 11.8. The quantitative estimate of drug-likeness (QED) is 0.284. The van der Waals surface area contributed by atoms with E-state index in [-0.39, 0.29) is 10.8 Å². The summed E-state index contributed by atoms with van der Waals surface area (Å²) in [6.07, 6.45) is 3.53. The highest BCUT2D eigenvalue weighted by Gasteiger charge is 2.15. The fourth-order valence-electron chi connectivity index (χ4n) is 3.00. The summed E-state index contributed by atoms with van der Waals surface area (Å²) >= 11 is 0. The number of carbonyl (C=O) groups is 1. The van der Waals surface area contributed by atoms with Gasteiger partial charge in [-0.2, -0.15) is 0 Å². The zero-order valence-electron chi connectivity index (χ0n) is 17.4. The highest BCUT2D eigenvalue weighted by molar-refractivity contribution is 7.89. The number of hydrogen-bond donors (Lipinski definition) is 2. The predicted octanol–water partition coefficient (Wildman–Crippen LogP) is 4.94. The minimum Gasteiger partial charge on any atom is -0.322 e. The van der Waals surface area contributed by atoms with Gasteiger partial charge in [-0.3, -0.25) is 4.79 Å². The molecule has 0 saturated carbocycles. The smallest absolute Gasteiger partial charge is 0.256 e. The molecule has 0 atom stereocenters. The third-order valence-electron chi connectivity index (χ3n) is 4.68. The molecule has 0 unspecified atom stereocenters. The SMILES string of the molecule is CCCCNS(=O)(=O)c1ccc(NC(=O)/C(=C/c2ccccc2)c2ccccc2)cc1. The number of rotatable bonds is 9. The summed E-state index contributed by atoms with van der Waals surface area (Å²) in [5.74, 6) is -0.272. The zero-order valence-corrected chi connectivity index (χ0v) is 18.2. The van der Waals surface area contributed by atoms with Gasteiger partial charge in [0.25, 0.3) is 5.91 Å². The second-order valence-electron chi connectivity index (χ2n) is 7.06. The van der Waals surface area contributed by atoms with Gasteiger partial charge in [-0.1, -0.05) is 74.0 Å². The van der Waals surface area contributed by atoms with Crippen LogP contribution in [0.4, 0.5) is 5.69 Å². The molecule has 0 radical (unpaired) electrons. The van der Waals surface area contributed by atoms with Crippen LogP contribution in [0.15, 0.2) is 89.8 Å². The van der Waals surface area contributed by atoms with Gasteiger partial charge in [0.2, 0.25) is 10.0 Å². The third kappa shape index (κ3) is 6.38. The lowest BCUT2D eigenvalue weighted by atomic mass is 10.0. The molecule has 0 fully saturated rings. The summed E-state index contributed by atoms with van der Waals surface area (Å²) in [5, 5.41) is 2.87. The lowest BCUT2D eigenvalue weighted by molar-refractivity contribution is -0.111. The molecule has 0 spiro atoms. The summed E-state index contributed by atoms with van der Waals surface area (Å²) in [6.45, 7) is 2.41. The number of anilines is 1. The van der Waals surface area contributed by atoms with E-state index in [0.29, 0.717) is 17.8 Å². The van der Waals surface area contributed by atoms with Crippen LogP contribution in [0.2, 0.25) is 0 Å². The van der Waals surface area contributed by atoms with Crippen molar-refractivity contribution in [2.75, 3.05) is 11.9 Å². The number of hydrogen-bond acceptors (Lipinski definition) is 3. The Labute approximate surface area is 183 Å². The largest absolute Gasteiger partial charge is 0.322 e. The van der Waals surface area contributed by atoms with E-state index in [1.54, 1.807) is 12.1 Å². The van der Waals surface area contributed by atoms with Gasteiger partial charge in [-0.15, -0.1) is 0 Å². The molecule has 0 heterocycles. The van der Waals surface area contributed by atoms with E-state index in [9.17, 15) is 13.2 Å². The van der Waals surface area contributed by atoms with Crippen LogP contribution in [0.25, 0.3) is 11.6 Å². The first-order valence-corrected chi connectivity index (χ1v) is 11.7. The Bertz CT molecular complexity index is 1120. The van der Waals surface area contributed by atoms with Crippen LogP contribution in [0, 0.1) is 0 Å². The molecule has 1 amide bonds. The van der Waals surface area contributed by atoms with Gasteiger partial charge in [-0.05, 0) is 47.9 Å². The number of sulfonamides is 1. The Morgan fingerprint density at radius 1 is 0.871 bits per heavy atom. The van der Waals surface area contributed by atoms with E-state index in [1.165, 1.54) is 12.1 Å². The van der Waals surface area contributed by atoms with E-state index >= 15 is 0 Å². The monoisotopic (exact) mass is 434 g/mol. The Balaban J connectivity index is 1.80. The van der Waals surface area contributed by atoms with Crippen LogP contribution in [-0.4, -0.2) is 20.9 Å². The van der Waals surface area contributed by atoms with Crippen molar-refractivity contribution in [2.45, 2.75) is 24.7 Å². The Hall–Kier alpha value is -3.22. The maximum Gasteiger partial charge on any atom is 0.256 e. The molecule has 160 valence electrons. The number of nitrogens with one attached hydrogen (secondary N) is 2. The molecule has 0 aliphatic heterocycles. The van der Waals surface area contributed by atoms with Gasteiger partial charge in [-0.25, -0.2) is 13.1 Å². The van der Waals surface area contributed by atoms with Crippen molar-refractivity contribution < 1.29 is 13.2 Å². The van der Waals surface area contributed by atoms with Crippen molar-refractivity contribution >= 4 is 33.3 Å². The molecule has 5 nitrogen and oxygen atoms in total. The third-order valence-corrected chi connectivity index (χ3v) is 6.16. The summed E-state index contributed by atoms with van der Waals surface area (Å²) in [7, 11) is -3.55. The molecule has 0 saturated heterocycles. The molecule has 0 aliphatic rings. The summed E-state index contributed by atoms with van der Waals surface area (Å²) < 4.78 is 27.2. The fraction of sp³-hybridized carbons (Fsp3) is 0.160. The standard InChI is InChI=1S/C25H26N2O3S/c1-2-3-18-26-31(29,30)23-16-14-22(15-17-23)27-25(28)24(21-12-8-5-9-13-21)19-20-10-6-4-7-11-20/h4-17,19,26H,2-3,18H2,1H3,(H,27,28)/b24-19+. The zero-order chi connectivity index (χ0) is 22.1. The highest BCUT2D eigenvalue weighted by Crippen LogP contribution is 2.21. The topological polar surface area (TPSA) is 75.3 Å². The second-order valence-corrected chi connectivity index (χ2v) is 8.83. The molecule has 0 aromatic heterocycles. The second kappa shape index (κ2) is 10.7. The average Bonchev–Trinajstić information content (AvgIpc) is 2.79. The molecule has 31 heavy (non-hydrogen) atoms. The van der Waals surface area contributed by atoms with Crippen LogP contribution >= 0.6 is 0 Å². The lowest BCUT2D eigenvalue weighted by Crippen LogP contribution is -2.24. The summed E-state index contributed by atoms with van der Waals surface area (Å²) in [5.41, 5.74) is 2.75. The van der Waals surface area contributed by atoms with Crippen LogP contribution in [-0.2, 0) is 14.8 Å². The van der Waals surface area contributed by atoms with E-state index in [1.807, 2.05) is 73.7 Å². The van der Waals surface area contributed by atoms with Crippen molar-refractivity contribution in [3.63, 3.8) is 0 Å². The van der Waals surface area contributed by atoms with E-state index in [0.717, 1.165) is 24.0 Å². The molecular formula is C25H26N2O3S.